The van der Waals surface area contributed by atoms with Gasteiger partial charge in [0.2, 0.25) is 5.91 Å². The molecule has 4 nitrogen and oxygen atoms in total. The molecule has 0 aliphatic heterocycles. The van der Waals surface area contributed by atoms with Gasteiger partial charge in [0.05, 0.1) is 5.92 Å². The van der Waals surface area contributed by atoms with Gasteiger partial charge >= 0.3 is 5.97 Å². The normalized spacial score (nSPS) is 30.6. The average molecular weight is 185 g/mol. The summed E-state index contributed by atoms with van der Waals surface area (Å²) in [6.45, 7) is 3.76. The van der Waals surface area contributed by atoms with Gasteiger partial charge in [0.25, 0.3) is 0 Å². The molecule has 1 aliphatic rings. The first kappa shape index (κ1) is 10.0. The number of aliphatic carboxylic acids is 1. The second-order valence-corrected chi connectivity index (χ2v) is 4.32. The first-order valence-corrected chi connectivity index (χ1v) is 4.36. The molecule has 0 saturated heterocycles. The summed E-state index contributed by atoms with van der Waals surface area (Å²) in [5.41, 5.74) is 4.77. The molecule has 0 aromatic heterocycles. The van der Waals surface area contributed by atoms with Crippen molar-refractivity contribution < 1.29 is 14.7 Å². The Bertz CT molecular complexity index is 247. The van der Waals surface area contributed by atoms with Gasteiger partial charge in [-0.15, -0.1) is 0 Å². The van der Waals surface area contributed by atoms with Crippen LogP contribution in [-0.2, 0) is 9.59 Å². The number of rotatable bonds is 3. The number of nitrogens with two attached hydrogens (primary N) is 1. The molecule has 0 spiro atoms. The predicted molar refractivity (Wildman–Crippen MR) is 46.8 cm³/mol. The molecule has 2 atom stereocenters. The van der Waals surface area contributed by atoms with Gasteiger partial charge < -0.3 is 10.8 Å². The molecule has 3 N–H and O–H groups in total. The van der Waals surface area contributed by atoms with Crippen molar-refractivity contribution in [1.82, 2.24) is 0 Å². The van der Waals surface area contributed by atoms with Crippen molar-refractivity contribution in [2.24, 2.45) is 23.0 Å². The van der Waals surface area contributed by atoms with Crippen molar-refractivity contribution in [2.75, 3.05) is 0 Å². The highest BCUT2D eigenvalue weighted by molar-refractivity contribution is 5.76. The van der Waals surface area contributed by atoms with E-state index < -0.39 is 5.97 Å². The van der Waals surface area contributed by atoms with Gasteiger partial charge in [0.1, 0.15) is 0 Å². The van der Waals surface area contributed by atoms with Gasteiger partial charge in [-0.1, -0.05) is 13.8 Å². The zero-order valence-corrected chi connectivity index (χ0v) is 7.91. The molecule has 0 aromatic rings. The second-order valence-electron chi connectivity index (χ2n) is 4.32. The summed E-state index contributed by atoms with van der Waals surface area (Å²) in [6, 6.07) is 0. The fourth-order valence-corrected chi connectivity index (χ4v) is 2.02. The summed E-state index contributed by atoms with van der Waals surface area (Å²) in [6.07, 6.45) is 0.877. The fraction of sp³-hybridized carbons (Fsp3) is 0.778. The van der Waals surface area contributed by atoms with E-state index in [1.165, 1.54) is 0 Å². The smallest absolute Gasteiger partial charge is 0.307 e. The molecule has 0 unspecified atom stereocenters. The van der Waals surface area contributed by atoms with Crippen molar-refractivity contribution in [2.45, 2.75) is 26.7 Å². The fourth-order valence-electron chi connectivity index (χ4n) is 2.02. The Morgan fingerprint density at radius 2 is 2.08 bits per heavy atom. The highest BCUT2D eigenvalue weighted by Crippen LogP contribution is 2.52. The highest BCUT2D eigenvalue weighted by atomic mass is 16.4. The van der Waals surface area contributed by atoms with Crippen molar-refractivity contribution in [3.05, 3.63) is 0 Å². The molecule has 1 aliphatic carbocycles. The number of hydrogen-bond donors (Lipinski definition) is 2. The number of carbonyl (C=O) groups excluding carboxylic acids is 1. The van der Waals surface area contributed by atoms with E-state index in [-0.39, 0.29) is 23.2 Å². The molecule has 1 fully saturated rings. The molecule has 1 saturated carbocycles. The lowest BCUT2D eigenvalue weighted by Gasteiger charge is -2.49. The molecule has 0 heterocycles. The number of carbonyl (C=O) groups is 2. The predicted octanol–water partition coefficient (Wildman–Crippen LogP) is 0.609. The van der Waals surface area contributed by atoms with Gasteiger partial charge in [-0.05, 0) is 17.8 Å². The molecule has 13 heavy (non-hydrogen) atoms. The second kappa shape index (κ2) is 3.01. The van der Waals surface area contributed by atoms with E-state index in [4.69, 9.17) is 10.8 Å². The lowest BCUT2D eigenvalue weighted by atomic mass is 9.54. The van der Waals surface area contributed by atoms with Crippen LogP contribution < -0.4 is 5.73 Å². The van der Waals surface area contributed by atoms with Crippen LogP contribution in [0.4, 0.5) is 0 Å². The largest absolute Gasteiger partial charge is 0.481 e. The van der Waals surface area contributed by atoms with E-state index in [0.29, 0.717) is 12.8 Å². The molecule has 1 amide bonds. The van der Waals surface area contributed by atoms with E-state index in [1.807, 2.05) is 13.8 Å². The number of amides is 1. The van der Waals surface area contributed by atoms with Crippen LogP contribution in [-0.4, -0.2) is 17.0 Å². The number of carboxylic acid groups (broad SMARTS) is 1. The number of carboxylic acids is 1. The molecule has 0 aromatic carbocycles. The Kier molecular flexibility index (Phi) is 2.32. The Labute approximate surface area is 77.1 Å². The minimum atomic E-state index is -0.772. The van der Waals surface area contributed by atoms with E-state index in [2.05, 4.69) is 0 Å². The Morgan fingerprint density at radius 3 is 2.38 bits per heavy atom. The molecule has 4 heteroatoms. The first-order chi connectivity index (χ1) is 5.85. The molecule has 0 bridgehead atoms. The van der Waals surface area contributed by atoms with Crippen LogP contribution in [0.2, 0.25) is 0 Å². The summed E-state index contributed by atoms with van der Waals surface area (Å²) in [7, 11) is 0. The Hall–Kier alpha value is -1.06. The Morgan fingerprint density at radius 1 is 1.54 bits per heavy atom. The van der Waals surface area contributed by atoms with Gasteiger partial charge in [-0.3, -0.25) is 9.59 Å². The van der Waals surface area contributed by atoms with Crippen LogP contribution in [0.25, 0.3) is 0 Å². The molecule has 0 radical (unpaired) electrons. The average Bonchev–Trinajstić information content (AvgIpc) is 1.96. The number of hydrogen-bond acceptors (Lipinski definition) is 2. The highest BCUT2D eigenvalue weighted by Gasteiger charge is 2.51. The standard InChI is InChI=1S/C9H15NO3/c1-9(2)5(4-7(10)11)3-6(9)8(12)13/h5-6H,3-4H2,1-2H3,(H2,10,11)(H,12,13)/t5-,6-/m1/s1. The van der Waals surface area contributed by atoms with E-state index in [9.17, 15) is 9.59 Å². The lowest BCUT2D eigenvalue weighted by molar-refractivity contribution is -0.160. The van der Waals surface area contributed by atoms with Gasteiger partial charge in [0, 0.05) is 6.42 Å². The third-order valence-corrected chi connectivity index (χ3v) is 3.22. The summed E-state index contributed by atoms with van der Waals surface area (Å²) >= 11 is 0. The van der Waals surface area contributed by atoms with Crippen LogP contribution >= 0.6 is 0 Å². The van der Waals surface area contributed by atoms with E-state index in [1.54, 1.807) is 0 Å². The van der Waals surface area contributed by atoms with Crippen LogP contribution in [0, 0.1) is 17.3 Å². The van der Waals surface area contributed by atoms with E-state index in [0.717, 1.165) is 0 Å². The maximum absolute atomic E-state index is 10.7. The van der Waals surface area contributed by atoms with Gasteiger partial charge in [-0.2, -0.15) is 0 Å². The van der Waals surface area contributed by atoms with Gasteiger partial charge in [-0.25, -0.2) is 0 Å². The minimum Gasteiger partial charge on any atom is -0.481 e. The molecule has 74 valence electrons. The monoisotopic (exact) mass is 185 g/mol. The molecule has 1 rings (SSSR count). The zero-order valence-electron chi connectivity index (χ0n) is 7.91. The minimum absolute atomic E-state index is 0.131. The van der Waals surface area contributed by atoms with Crippen molar-refractivity contribution in [3.63, 3.8) is 0 Å². The quantitative estimate of drug-likeness (QED) is 0.676. The SMILES string of the molecule is CC1(C)[C@@H](CC(N)=O)C[C@@H]1C(=O)O. The maximum Gasteiger partial charge on any atom is 0.307 e. The van der Waals surface area contributed by atoms with Crippen LogP contribution in [0.3, 0.4) is 0 Å². The lowest BCUT2D eigenvalue weighted by Crippen LogP contribution is -2.49. The van der Waals surface area contributed by atoms with Crippen LogP contribution in [0.15, 0.2) is 0 Å². The van der Waals surface area contributed by atoms with Crippen molar-refractivity contribution in [1.29, 1.82) is 0 Å². The third kappa shape index (κ3) is 1.66. The summed E-state index contributed by atoms with van der Waals surface area (Å²) in [5.74, 6) is -1.31. The summed E-state index contributed by atoms with van der Waals surface area (Å²) in [5, 5.41) is 8.80. The first-order valence-electron chi connectivity index (χ1n) is 4.36. The number of primary amides is 1. The topological polar surface area (TPSA) is 80.4 Å². The van der Waals surface area contributed by atoms with Crippen molar-refractivity contribution >= 4 is 11.9 Å². The third-order valence-electron chi connectivity index (χ3n) is 3.22. The molecular weight excluding hydrogens is 170 g/mol. The van der Waals surface area contributed by atoms with Crippen LogP contribution in [0.1, 0.15) is 26.7 Å². The van der Waals surface area contributed by atoms with Crippen molar-refractivity contribution in [3.8, 4) is 0 Å². The summed E-state index contributed by atoms with van der Waals surface area (Å²) < 4.78 is 0. The molecular formula is C9H15NO3. The van der Waals surface area contributed by atoms with Gasteiger partial charge in [0.15, 0.2) is 0 Å². The zero-order chi connectivity index (χ0) is 10.2. The van der Waals surface area contributed by atoms with E-state index >= 15 is 0 Å². The Balaban J connectivity index is 2.59. The summed E-state index contributed by atoms with van der Waals surface area (Å²) in [4.78, 5) is 21.4. The maximum atomic E-state index is 10.7. The van der Waals surface area contributed by atoms with Crippen LogP contribution in [0.5, 0.6) is 0 Å².